The number of aromatic nitrogens is 1. The van der Waals surface area contributed by atoms with Crippen LogP contribution in [0, 0.1) is 0 Å². The molecular formula is C21H20N2OS. The van der Waals surface area contributed by atoms with Crippen LogP contribution in [0.5, 0.6) is 0 Å². The molecule has 1 unspecified atom stereocenters. The maximum Gasteiger partial charge on any atom is 0.236 e. The van der Waals surface area contributed by atoms with Gasteiger partial charge in [0.15, 0.2) is 0 Å². The highest BCUT2D eigenvalue weighted by Gasteiger charge is 2.25. The van der Waals surface area contributed by atoms with Crippen molar-refractivity contribution in [1.29, 1.82) is 0 Å². The van der Waals surface area contributed by atoms with E-state index in [0.29, 0.717) is 6.54 Å². The van der Waals surface area contributed by atoms with Crippen LogP contribution >= 0.6 is 11.8 Å². The Morgan fingerprint density at radius 1 is 1.04 bits per heavy atom. The second-order valence-electron chi connectivity index (χ2n) is 6.38. The summed E-state index contributed by atoms with van der Waals surface area (Å²) < 4.78 is 0. The summed E-state index contributed by atoms with van der Waals surface area (Å²) in [4.78, 5) is 19.5. The third-order valence-electron chi connectivity index (χ3n) is 4.66. The summed E-state index contributed by atoms with van der Waals surface area (Å²) in [6.45, 7) is 3.49. The molecule has 1 aromatic heterocycles. The zero-order chi connectivity index (χ0) is 17.2. The molecule has 1 atom stereocenters. The smallest absolute Gasteiger partial charge is 0.236 e. The summed E-state index contributed by atoms with van der Waals surface area (Å²) in [5, 5.41) is 1.88. The number of thioether (sulfide) groups is 1. The Balaban J connectivity index is 1.47. The Kier molecular flexibility index (Phi) is 4.45. The number of pyridine rings is 1. The van der Waals surface area contributed by atoms with Crippen LogP contribution in [0.2, 0.25) is 0 Å². The van der Waals surface area contributed by atoms with Gasteiger partial charge < -0.3 is 4.90 Å². The van der Waals surface area contributed by atoms with E-state index in [1.165, 1.54) is 22.9 Å². The van der Waals surface area contributed by atoms with Crippen molar-refractivity contribution >= 4 is 28.6 Å². The highest BCUT2D eigenvalue weighted by atomic mass is 32.2. The average Bonchev–Trinajstić information content (AvgIpc) is 2.67. The molecule has 3 aromatic rings. The minimum atomic E-state index is -0.140. The molecule has 25 heavy (non-hydrogen) atoms. The number of fused-ring (bicyclic) bond motifs is 2. The van der Waals surface area contributed by atoms with E-state index in [0.717, 1.165) is 28.9 Å². The Morgan fingerprint density at radius 2 is 1.80 bits per heavy atom. The number of hydrogen-bond donors (Lipinski definition) is 0. The lowest BCUT2D eigenvalue weighted by molar-refractivity contribution is -0.131. The summed E-state index contributed by atoms with van der Waals surface area (Å²) in [6, 6.07) is 20.5. The number of nitrogens with zero attached hydrogens (tertiary/aromatic N) is 2. The van der Waals surface area contributed by atoms with Gasteiger partial charge in [-0.1, -0.05) is 60.3 Å². The van der Waals surface area contributed by atoms with Crippen molar-refractivity contribution in [2.75, 3.05) is 6.54 Å². The molecule has 3 nitrogen and oxygen atoms in total. The van der Waals surface area contributed by atoms with Crippen molar-refractivity contribution in [3.63, 3.8) is 0 Å². The van der Waals surface area contributed by atoms with Gasteiger partial charge in [-0.15, -0.1) is 0 Å². The van der Waals surface area contributed by atoms with Crippen LogP contribution in [0.4, 0.5) is 0 Å². The second kappa shape index (κ2) is 6.89. The van der Waals surface area contributed by atoms with Crippen molar-refractivity contribution in [2.45, 2.75) is 30.2 Å². The van der Waals surface area contributed by atoms with Gasteiger partial charge in [-0.05, 0) is 36.6 Å². The van der Waals surface area contributed by atoms with Crippen LogP contribution in [-0.2, 0) is 17.8 Å². The first-order valence-corrected chi connectivity index (χ1v) is 9.47. The molecule has 0 spiro atoms. The third-order valence-corrected chi connectivity index (χ3v) is 5.68. The van der Waals surface area contributed by atoms with Crippen molar-refractivity contribution in [3.8, 4) is 0 Å². The van der Waals surface area contributed by atoms with E-state index in [-0.39, 0.29) is 11.2 Å². The molecule has 4 rings (SSSR count). The number of amides is 1. The maximum atomic E-state index is 12.9. The van der Waals surface area contributed by atoms with E-state index in [9.17, 15) is 4.79 Å². The number of benzene rings is 2. The summed E-state index contributed by atoms with van der Waals surface area (Å²) in [5.41, 5.74) is 3.60. The predicted molar refractivity (Wildman–Crippen MR) is 103 cm³/mol. The van der Waals surface area contributed by atoms with Crippen LogP contribution in [0.25, 0.3) is 10.9 Å². The zero-order valence-corrected chi connectivity index (χ0v) is 15.0. The summed E-state index contributed by atoms with van der Waals surface area (Å²) >= 11 is 1.54. The quantitative estimate of drug-likeness (QED) is 0.662. The molecule has 0 saturated carbocycles. The molecule has 2 aromatic carbocycles. The maximum absolute atomic E-state index is 12.9. The molecule has 1 amide bonds. The Bertz CT molecular complexity index is 924. The van der Waals surface area contributed by atoms with E-state index < -0.39 is 0 Å². The molecule has 0 bridgehead atoms. The highest BCUT2D eigenvalue weighted by molar-refractivity contribution is 8.00. The number of carbonyl (C=O) groups is 1. The van der Waals surface area contributed by atoms with Gasteiger partial charge in [0.05, 0.1) is 15.8 Å². The Morgan fingerprint density at radius 3 is 2.68 bits per heavy atom. The van der Waals surface area contributed by atoms with Crippen LogP contribution in [0.15, 0.2) is 65.7 Å². The lowest BCUT2D eigenvalue weighted by Crippen LogP contribution is -2.40. The summed E-state index contributed by atoms with van der Waals surface area (Å²) in [7, 11) is 0. The number of hydrogen-bond acceptors (Lipinski definition) is 3. The number of para-hydroxylation sites is 1. The fourth-order valence-electron chi connectivity index (χ4n) is 3.29. The average molecular weight is 348 g/mol. The first-order chi connectivity index (χ1) is 12.2. The molecule has 0 radical (unpaired) electrons. The summed E-state index contributed by atoms with van der Waals surface area (Å²) in [6.07, 6.45) is 0.938. The minimum absolute atomic E-state index is 0.140. The number of carbonyl (C=O) groups excluding carboxylic acids is 1. The topological polar surface area (TPSA) is 33.2 Å². The van der Waals surface area contributed by atoms with E-state index in [2.05, 4.69) is 35.3 Å². The van der Waals surface area contributed by atoms with Gasteiger partial charge in [0, 0.05) is 18.5 Å². The standard InChI is InChI=1S/C21H20N2OS/c1-15(25-20-11-10-17-7-4-5-9-19(17)22-20)21(24)23-13-12-16-6-2-3-8-18(16)14-23/h2-11,15H,12-14H2,1H3. The van der Waals surface area contributed by atoms with E-state index >= 15 is 0 Å². The van der Waals surface area contributed by atoms with Gasteiger partial charge in [0.1, 0.15) is 0 Å². The van der Waals surface area contributed by atoms with Crippen LogP contribution < -0.4 is 0 Å². The van der Waals surface area contributed by atoms with Crippen molar-refractivity contribution in [2.24, 2.45) is 0 Å². The zero-order valence-electron chi connectivity index (χ0n) is 14.2. The van der Waals surface area contributed by atoms with Gasteiger partial charge in [-0.25, -0.2) is 4.98 Å². The van der Waals surface area contributed by atoms with Gasteiger partial charge in [0.25, 0.3) is 0 Å². The minimum Gasteiger partial charge on any atom is -0.337 e. The van der Waals surface area contributed by atoms with Gasteiger partial charge in [0.2, 0.25) is 5.91 Å². The summed E-state index contributed by atoms with van der Waals surface area (Å²) in [5.74, 6) is 0.189. The highest BCUT2D eigenvalue weighted by Crippen LogP contribution is 2.27. The normalized spacial score (nSPS) is 15.0. The fraction of sp³-hybridized carbons (Fsp3) is 0.238. The fourth-order valence-corrected chi connectivity index (χ4v) is 4.20. The van der Waals surface area contributed by atoms with E-state index in [1.54, 1.807) is 0 Å². The predicted octanol–water partition coefficient (Wildman–Crippen LogP) is 4.30. The van der Waals surface area contributed by atoms with Crippen LogP contribution in [0.3, 0.4) is 0 Å². The lowest BCUT2D eigenvalue weighted by atomic mass is 10.00. The second-order valence-corrected chi connectivity index (χ2v) is 7.74. The van der Waals surface area contributed by atoms with E-state index in [1.807, 2.05) is 42.2 Å². The molecule has 1 aliphatic rings. The Labute approximate surface area is 152 Å². The monoisotopic (exact) mass is 348 g/mol. The SMILES string of the molecule is CC(Sc1ccc2ccccc2n1)C(=O)N1CCc2ccccc2C1. The van der Waals surface area contributed by atoms with Crippen LogP contribution in [-0.4, -0.2) is 27.6 Å². The molecule has 2 heterocycles. The van der Waals surface area contributed by atoms with Crippen molar-refractivity contribution in [3.05, 3.63) is 71.8 Å². The van der Waals surface area contributed by atoms with Crippen molar-refractivity contribution in [1.82, 2.24) is 9.88 Å². The molecule has 0 fully saturated rings. The molecule has 4 heteroatoms. The third kappa shape index (κ3) is 3.40. The van der Waals surface area contributed by atoms with E-state index in [4.69, 9.17) is 0 Å². The number of rotatable bonds is 3. The van der Waals surface area contributed by atoms with Crippen molar-refractivity contribution < 1.29 is 4.79 Å². The molecular weight excluding hydrogens is 328 g/mol. The largest absolute Gasteiger partial charge is 0.337 e. The molecule has 0 saturated heterocycles. The molecule has 1 aliphatic heterocycles. The van der Waals surface area contributed by atoms with Gasteiger partial charge >= 0.3 is 0 Å². The first-order valence-electron chi connectivity index (χ1n) is 8.59. The Hall–Kier alpha value is -2.33. The van der Waals surface area contributed by atoms with Gasteiger partial charge in [-0.3, -0.25) is 4.79 Å². The van der Waals surface area contributed by atoms with Crippen LogP contribution in [0.1, 0.15) is 18.1 Å². The lowest BCUT2D eigenvalue weighted by Gasteiger charge is -2.30. The molecule has 0 N–H and O–H groups in total. The van der Waals surface area contributed by atoms with Gasteiger partial charge in [-0.2, -0.15) is 0 Å². The first kappa shape index (κ1) is 16.2. The molecule has 0 aliphatic carbocycles. The molecule has 126 valence electrons.